The molecule has 14 heavy (non-hydrogen) atoms. The van der Waals surface area contributed by atoms with Gasteiger partial charge in [0.15, 0.2) is 0 Å². The van der Waals surface area contributed by atoms with Crippen molar-refractivity contribution in [2.45, 2.75) is 19.5 Å². The van der Waals surface area contributed by atoms with Gasteiger partial charge in [0.25, 0.3) is 0 Å². The normalized spacial score (nSPS) is 11.4. The highest BCUT2D eigenvalue weighted by atomic mass is 19.4. The van der Waals surface area contributed by atoms with Crippen LogP contribution in [-0.4, -0.2) is 22.9 Å². The first-order valence-electron chi connectivity index (χ1n) is 4.07. The fourth-order valence-electron chi connectivity index (χ4n) is 0.883. The number of nitrogens with zero attached hydrogens (tertiary/aromatic N) is 2. The van der Waals surface area contributed by atoms with E-state index in [0.29, 0.717) is 5.82 Å². The van der Waals surface area contributed by atoms with E-state index in [0.717, 1.165) is 5.56 Å². The van der Waals surface area contributed by atoms with Crippen molar-refractivity contribution < 1.29 is 13.2 Å². The van der Waals surface area contributed by atoms with E-state index in [-0.39, 0.29) is 6.54 Å². The quantitative estimate of drug-likeness (QED) is 0.821. The minimum atomic E-state index is -4.13. The van der Waals surface area contributed by atoms with Crippen LogP contribution in [0.15, 0.2) is 12.3 Å². The third-order valence-electron chi connectivity index (χ3n) is 1.51. The van der Waals surface area contributed by atoms with Crippen LogP contribution in [0.4, 0.5) is 19.0 Å². The molecule has 0 saturated heterocycles. The average Bonchev–Trinajstić information content (AvgIpc) is 2.01. The second kappa shape index (κ2) is 4.26. The molecule has 0 unspecified atom stereocenters. The maximum Gasteiger partial charge on any atom is 0.390 e. The van der Waals surface area contributed by atoms with E-state index < -0.39 is 12.6 Å². The van der Waals surface area contributed by atoms with Gasteiger partial charge in [-0.05, 0) is 18.6 Å². The summed E-state index contributed by atoms with van der Waals surface area (Å²) in [5.41, 5.74) is 0.856. The van der Waals surface area contributed by atoms with Gasteiger partial charge in [0.05, 0.1) is 12.6 Å². The zero-order valence-electron chi connectivity index (χ0n) is 7.60. The number of nitrogens with one attached hydrogen (secondary N) is 1. The van der Waals surface area contributed by atoms with Gasteiger partial charge in [0.2, 0.25) is 0 Å². The number of hydrogen-bond donors (Lipinski definition) is 1. The van der Waals surface area contributed by atoms with Crippen molar-refractivity contribution >= 4 is 5.82 Å². The van der Waals surface area contributed by atoms with Crippen LogP contribution in [0.2, 0.25) is 0 Å². The first kappa shape index (κ1) is 10.7. The molecule has 0 amide bonds. The van der Waals surface area contributed by atoms with Gasteiger partial charge in [-0.3, -0.25) is 0 Å². The molecule has 0 saturated carbocycles. The van der Waals surface area contributed by atoms with Gasteiger partial charge in [-0.2, -0.15) is 18.3 Å². The molecule has 0 atom stereocenters. The summed E-state index contributed by atoms with van der Waals surface area (Å²) in [6.07, 6.45) is -3.47. The third kappa shape index (κ3) is 4.06. The smallest absolute Gasteiger partial charge is 0.368 e. The summed E-state index contributed by atoms with van der Waals surface area (Å²) >= 11 is 0. The molecule has 0 fully saturated rings. The third-order valence-corrected chi connectivity index (χ3v) is 1.51. The van der Waals surface area contributed by atoms with Crippen LogP contribution >= 0.6 is 0 Å². The van der Waals surface area contributed by atoms with Crippen molar-refractivity contribution in [3.63, 3.8) is 0 Å². The Morgan fingerprint density at radius 1 is 1.43 bits per heavy atom. The Kier molecular flexibility index (Phi) is 3.27. The molecule has 1 aromatic rings. The number of halogens is 3. The average molecular weight is 205 g/mol. The predicted octanol–water partition coefficient (Wildman–Crippen LogP) is 2.15. The zero-order valence-corrected chi connectivity index (χ0v) is 7.60. The molecular formula is C8H10F3N3. The first-order chi connectivity index (χ1) is 6.47. The molecule has 1 heterocycles. The number of aromatic nitrogens is 2. The fourth-order valence-corrected chi connectivity index (χ4v) is 0.883. The largest absolute Gasteiger partial charge is 0.390 e. The van der Waals surface area contributed by atoms with Crippen molar-refractivity contribution in [2.75, 3.05) is 11.9 Å². The first-order valence-corrected chi connectivity index (χ1v) is 4.07. The lowest BCUT2D eigenvalue weighted by Gasteiger charge is -2.07. The van der Waals surface area contributed by atoms with Crippen LogP contribution < -0.4 is 5.32 Å². The minimum absolute atomic E-state index is 0.179. The molecule has 0 radical (unpaired) electrons. The highest BCUT2D eigenvalue weighted by molar-refractivity contribution is 5.34. The maximum atomic E-state index is 11.8. The SMILES string of the molecule is Cc1cnnc(NCCC(F)(F)F)c1. The van der Waals surface area contributed by atoms with Crippen LogP contribution in [0, 0.1) is 6.92 Å². The van der Waals surface area contributed by atoms with Crippen molar-refractivity contribution in [3.8, 4) is 0 Å². The molecule has 3 nitrogen and oxygen atoms in total. The summed E-state index contributed by atoms with van der Waals surface area (Å²) < 4.78 is 35.3. The van der Waals surface area contributed by atoms with Gasteiger partial charge in [0.1, 0.15) is 5.82 Å². The van der Waals surface area contributed by atoms with E-state index in [4.69, 9.17) is 0 Å². The number of alkyl halides is 3. The molecular weight excluding hydrogens is 195 g/mol. The van der Waals surface area contributed by atoms with E-state index in [1.807, 2.05) is 0 Å². The Morgan fingerprint density at radius 3 is 2.71 bits per heavy atom. The lowest BCUT2D eigenvalue weighted by molar-refractivity contribution is -0.131. The molecule has 0 aliphatic rings. The summed E-state index contributed by atoms with van der Waals surface area (Å²) in [5.74, 6) is 0.370. The highest BCUT2D eigenvalue weighted by Crippen LogP contribution is 2.19. The van der Waals surface area contributed by atoms with Crippen LogP contribution in [0.1, 0.15) is 12.0 Å². The number of rotatable bonds is 3. The topological polar surface area (TPSA) is 37.8 Å². The maximum absolute atomic E-state index is 11.8. The highest BCUT2D eigenvalue weighted by Gasteiger charge is 2.26. The summed E-state index contributed by atoms with van der Waals surface area (Å²) in [5, 5.41) is 9.78. The van der Waals surface area contributed by atoms with Gasteiger partial charge in [0, 0.05) is 6.54 Å². The molecule has 1 aromatic heterocycles. The van der Waals surface area contributed by atoms with E-state index in [9.17, 15) is 13.2 Å². The summed E-state index contributed by atoms with van der Waals surface area (Å²) in [7, 11) is 0. The molecule has 6 heteroatoms. The Labute approximate surface area is 79.3 Å². The molecule has 1 rings (SSSR count). The van der Waals surface area contributed by atoms with Crippen LogP contribution in [0.5, 0.6) is 0 Å². The Bertz CT molecular complexity index is 298. The van der Waals surface area contributed by atoms with Gasteiger partial charge < -0.3 is 5.32 Å². The molecule has 0 spiro atoms. The molecule has 78 valence electrons. The summed E-state index contributed by atoms with van der Waals surface area (Å²) in [6, 6.07) is 1.64. The standard InChI is InChI=1S/C8H10F3N3/c1-6-4-7(14-13-5-6)12-3-2-8(9,10)11/h4-5H,2-3H2,1H3,(H,12,14). The second-order valence-corrected chi connectivity index (χ2v) is 2.91. The number of aryl methyl sites for hydroxylation is 1. The van der Waals surface area contributed by atoms with E-state index in [2.05, 4.69) is 15.5 Å². The van der Waals surface area contributed by atoms with Crippen molar-refractivity contribution in [3.05, 3.63) is 17.8 Å². The van der Waals surface area contributed by atoms with Gasteiger partial charge in [-0.15, -0.1) is 5.10 Å². The lowest BCUT2D eigenvalue weighted by atomic mass is 10.3. The van der Waals surface area contributed by atoms with Crippen molar-refractivity contribution in [1.29, 1.82) is 0 Å². The Hall–Kier alpha value is -1.33. The van der Waals surface area contributed by atoms with E-state index in [1.54, 1.807) is 13.0 Å². The molecule has 1 N–H and O–H groups in total. The lowest BCUT2D eigenvalue weighted by Crippen LogP contribution is -2.15. The summed E-state index contributed by atoms with van der Waals surface area (Å²) in [6.45, 7) is 1.62. The monoisotopic (exact) mass is 205 g/mol. The second-order valence-electron chi connectivity index (χ2n) is 2.91. The van der Waals surface area contributed by atoms with E-state index >= 15 is 0 Å². The van der Waals surface area contributed by atoms with Crippen LogP contribution in [0.25, 0.3) is 0 Å². The van der Waals surface area contributed by atoms with Crippen molar-refractivity contribution in [1.82, 2.24) is 10.2 Å². The minimum Gasteiger partial charge on any atom is -0.368 e. The molecule has 0 bridgehead atoms. The van der Waals surface area contributed by atoms with Gasteiger partial charge in [-0.25, -0.2) is 0 Å². The van der Waals surface area contributed by atoms with E-state index in [1.165, 1.54) is 6.20 Å². The predicted molar refractivity (Wildman–Crippen MR) is 45.9 cm³/mol. The summed E-state index contributed by atoms with van der Waals surface area (Å²) in [4.78, 5) is 0. The van der Waals surface area contributed by atoms with Gasteiger partial charge in [-0.1, -0.05) is 0 Å². The van der Waals surface area contributed by atoms with Crippen LogP contribution in [-0.2, 0) is 0 Å². The Morgan fingerprint density at radius 2 is 2.14 bits per heavy atom. The fraction of sp³-hybridized carbons (Fsp3) is 0.500. The zero-order chi connectivity index (χ0) is 10.6. The Balaban J connectivity index is 2.39. The van der Waals surface area contributed by atoms with Crippen molar-refractivity contribution in [2.24, 2.45) is 0 Å². The number of anilines is 1. The number of hydrogen-bond acceptors (Lipinski definition) is 3. The molecule has 0 aliphatic heterocycles. The molecule has 0 aliphatic carbocycles. The van der Waals surface area contributed by atoms with Gasteiger partial charge >= 0.3 is 6.18 Å². The van der Waals surface area contributed by atoms with Crippen LogP contribution in [0.3, 0.4) is 0 Å². The molecule has 0 aromatic carbocycles.